The van der Waals surface area contributed by atoms with E-state index >= 15 is 0 Å². The van der Waals surface area contributed by atoms with Crippen molar-refractivity contribution in [2.75, 3.05) is 25.7 Å². The van der Waals surface area contributed by atoms with Gasteiger partial charge in [0.1, 0.15) is 22.5 Å². The van der Waals surface area contributed by atoms with Gasteiger partial charge >= 0.3 is 0 Å². The lowest BCUT2D eigenvalue weighted by Gasteiger charge is -2.31. The van der Waals surface area contributed by atoms with Crippen LogP contribution in [-0.4, -0.2) is 35.2 Å². The number of hydrogen-bond acceptors (Lipinski definition) is 4. The van der Waals surface area contributed by atoms with Crippen molar-refractivity contribution in [3.05, 3.63) is 126 Å². The molecule has 0 spiro atoms. The van der Waals surface area contributed by atoms with E-state index in [0.717, 1.165) is 11.1 Å². The van der Waals surface area contributed by atoms with Gasteiger partial charge in [0.05, 0.1) is 31.1 Å². The molecule has 0 aromatic heterocycles. The van der Waals surface area contributed by atoms with E-state index in [9.17, 15) is 9.00 Å². The monoisotopic (exact) mass is 552 g/mol. The molecule has 4 aromatic carbocycles. The van der Waals surface area contributed by atoms with Gasteiger partial charge in [0, 0.05) is 17.9 Å². The summed E-state index contributed by atoms with van der Waals surface area (Å²) < 4.78 is 26.5. The highest BCUT2D eigenvalue weighted by atomic mass is 32.2. The van der Waals surface area contributed by atoms with E-state index in [1.165, 1.54) is 0 Å². The van der Waals surface area contributed by atoms with Crippen LogP contribution in [0.15, 0.2) is 120 Å². The highest BCUT2D eigenvalue weighted by molar-refractivity contribution is 7.82. The molecule has 0 bridgehead atoms. The van der Waals surface area contributed by atoms with Crippen LogP contribution in [0, 0.1) is 12.8 Å². The average molecular weight is 553 g/mol. The van der Waals surface area contributed by atoms with Gasteiger partial charge in [0.2, 0.25) is 5.91 Å². The second kappa shape index (κ2) is 11.9. The van der Waals surface area contributed by atoms with Gasteiger partial charge in [0.15, 0.2) is 0 Å². The molecule has 1 aliphatic rings. The highest BCUT2D eigenvalue weighted by Gasteiger charge is 2.46. The van der Waals surface area contributed by atoms with Crippen molar-refractivity contribution < 1.29 is 18.5 Å². The SMILES string of the molecule is C=C1CN(S(=O)c2ccc(C)cc2)[C@@H](c2ccccc2)[C@@H]1C(=O)N(c1ccc(OC)cc1)c1ccc(OC)cc1. The Labute approximate surface area is 238 Å². The van der Waals surface area contributed by atoms with Crippen LogP contribution >= 0.6 is 0 Å². The number of ether oxygens (including phenoxy) is 2. The summed E-state index contributed by atoms with van der Waals surface area (Å²) in [4.78, 5) is 17.1. The van der Waals surface area contributed by atoms with Crippen LogP contribution in [0.3, 0.4) is 0 Å². The zero-order chi connectivity index (χ0) is 28.2. The van der Waals surface area contributed by atoms with Crippen LogP contribution in [-0.2, 0) is 15.8 Å². The van der Waals surface area contributed by atoms with Crippen LogP contribution < -0.4 is 14.4 Å². The molecule has 0 radical (unpaired) electrons. The number of benzene rings is 4. The van der Waals surface area contributed by atoms with E-state index in [2.05, 4.69) is 6.58 Å². The standard InChI is InChI=1S/C33H32N2O4S/c1-23-10-20-30(21-11-23)40(37)34-22-24(2)31(32(34)25-8-6-5-7-9-25)33(36)35(26-12-16-28(38-3)17-13-26)27-14-18-29(39-4)19-15-27/h5-21,31-32H,2,22H2,1,3-4H3/t31-,32+,40?/m1/s1. The Morgan fingerprint density at radius 3 is 1.85 bits per heavy atom. The number of rotatable bonds is 8. The molecule has 40 heavy (non-hydrogen) atoms. The summed E-state index contributed by atoms with van der Waals surface area (Å²) >= 11 is 0. The van der Waals surface area contributed by atoms with Crippen LogP contribution in [0.25, 0.3) is 0 Å². The Hall–Kier alpha value is -4.20. The van der Waals surface area contributed by atoms with Crippen molar-refractivity contribution in [1.82, 2.24) is 4.31 Å². The predicted molar refractivity (Wildman–Crippen MR) is 159 cm³/mol. The Morgan fingerprint density at radius 1 is 0.825 bits per heavy atom. The number of amides is 1. The van der Waals surface area contributed by atoms with Gasteiger partial charge in [-0.2, -0.15) is 0 Å². The van der Waals surface area contributed by atoms with Gasteiger partial charge in [-0.05, 0) is 78.7 Å². The lowest BCUT2D eigenvalue weighted by atomic mass is 9.90. The maximum Gasteiger partial charge on any atom is 0.240 e. The smallest absolute Gasteiger partial charge is 0.240 e. The average Bonchev–Trinajstić information content (AvgIpc) is 3.35. The summed E-state index contributed by atoms with van der Waals surface area (Å²) in [6.45, 7) is 6.66. The van der Waals surface area contributed by atoms with E-state index < -0.39 is 22.9 Å². The molecule has 1 fully saturated rings. The fourth-order valence-electron chi connectivity index (χ4n) is 5.06. The van der Waals surface area contributed by atoms with Crippen molar-refractivity contribution in [2.24, 2.45) is 5.92 Å². The molecule has 0 N–H and O–H groups in total. The Bertz CT molecular complexity index is 1460. The largest absolute Gasteiger partial charge is 0.497 e. The van der Waals surface area contributed by atoms with Gasteiger partial charge < -0.3 is 9.47 Å². The Kier molecular flexibility index (Phi) is 8.14. The number of anilines is 2. The van der Waals surface area contributed by atoms with Crippen molar-refractivity contribution >= 4 is 28.3 Å². The normalized spacial score (nSPS) is 17.8. The molecule has 3 atom stereocenters. The zero-order valence-corrected chi connectivity index (χ0v) is 23.6. The summed E-state index contributed by atoms with van der Waals surface area (Å²) in [5.74, 6) is 0.592. The highest BCUT2D eigenvalue weighted by Crippen LogP contribution is 2.45. The third-order valence-corrected chi connectivity index (χ3v) is 8.61. The zero-order valence-electron chi connectivity index (χ0n) is 22.8. The second-order valence-electron chi connectivity index (χ2n) is 9.70. The summed E-state index contributed by atoms with van der Waals surface area (Å²) in [6, 6.07) is 31.7. The summed E-state index contributed by atoms with van der Waals surface area (Å²) in [5, 5.41) is 0. The van der Waals surface area contributed by atoms with E-state index in [4.69, 9.17) is 9.47 Å². The molecule has 1 aliphatic heterocycles. The Morgan fingerprint density at radius 2 is 1.35 bits per heavy atom. The minimum absolute atomic E-state index is 0.155. The lowest BCUT2D eigenvalue weighted by Crippen LogP contribution is -2.37. The van der Waals surface area contributed by atoms with Gasteiger partial charge in [-0.15, -0.1) is 0 Å². The number of methoxy groups -OCH3 is 2. The second-order valence-corrected chi connectivity index (χ2v) is 11.1. The topological polar surface area (TPSA) is 59.1 Å². The van der Waals surface area contributed by atoms with Crippen LogP contribution in [0.1, 0.15) is 17.2 Å². The molecule has 1 saturated heterocycles. The van der Waals surface area contributed by atoms with Crippen LogP contribution in [0.4, 0.5) is 11.4 Å². The fraction of sp³-hybridized carbons (Fsp3) is 0.182. The first-order valence-electron chi connectivity index (χ1n) is 13.0. The number of hydrogen-bond donors (Lipinski definition) is 0. The molecule has 6 nitrogen and oxygen atoms in total. The van der Waals surface area contributed by atoms with Crippen molar-refractivity contribution in [3.63, 3.8) is 0 Å². The van der Waals surface area contributed by atoms with Crippen molar-refractivity contribution in [3.8, 4) is 11.5 Å². The molecule has 5 rings (SSSR count). The number of carbonyl (C=O) groups is 1. The maximum absolute atomic E-state index is 14.7. The fourth-order valence-corrected chi connectivity index (χ4v) is 6.43. The van der Waals surface area contributed by atoms with Crippen LogP contribution in [0.5, 0.6) is 11.5 Å². The molecule has 1 heterocycles. The quantitative estimate of drug-likeness (QED) is 0.230. The van der Waals surface area contributed by atoms with Gasteiger partial charge in [-0.1, -0.05) is 54.6 Å². The predicted octanol–water partition coefficient (Wildman–Crippen LogP) is 6.63. The maximum atomic E-state index is 14.7. The molecule has 0 saturated carbocycles. The molecular weight excluding hydrogens is 520 g/mol. The first kappa shape index (κ1) is 27.4. The first-order valence-corrected chi connectivity index (χ1v) is 14.1. The first-order chi connectivity index (χ1) is 19.4. The summed E-state index contributed by atoms with van der Waals surface area (Å²) in [7, 11) is 1.72. The van der Waals surface area contributed by atoms with E-state index in [0.29, 0.717) is 39.9 Å². The van der Waals surface area contributed by atoms with E-state index in [1.54, 1.807) is 19.1 Å². The minimum Gasteiger partial charge on any atom is -0.497 e. The summed E-state index contributed by atoms with van der Waals surface area (Å²) in [6.07, 6.45) is 0. The van der Waals surface area contributed by atoms with Gasteiger partial charge in [-0.3, -0.25) is 9.69 Å². The number of aryl methyl sites for hydroxylation is 1. The van der Waals surface area contributed by atoms with Crippen LogP contribution in [0.2, 0.25) is 0 Å². The number of nitrogens with zero attached hydrogens (tertiary/aromatic N) is 2. The molecule has 7 heteroatoms. The third-order valence-electron chi connectivity index (χ3n) is 7.15. The lowest BCUT2D eigenvalue weighted by molar-refractivity contribution is -0.121. The third kappa shape index (κ3) is 5.43. The molecule has 1 unspecified atom stereocenters. The molecule has 204 valence electrons. The van der Waals surface area contributed by atoms with E-state index in [1.807, 2.05) is 114 Å². The molecule has 0 aliphatic carbocycles. The molecule has 4 aromatic rings. The molecular formula is C33H32N2O4S. The van der Waals surface area contributed by atoms with Gasteiger partial charge in [-0.25, -0.2) is 8.51 Å². The summed E-state index contributed by atoms with van der Waals surface area (Å²) in [5.41, 5.74) is 4.09. The number of carbonyl (C=O) groups excluding carboxylic acids is 1. The van der Waals surface area contributed by atoms with Gasteiger partial charge in [0.25, 0.3) is 0 Å². The minimum atomic E-state index is -1.50. The Balaban J connectivity index is 1.59. The van der Waals surface area contributed by atoms with E-state index in [-0.39, 0.29) is 5.91 Å². The van der Waals surface area contributed by atoms with Crippen molar-refractivity contribution in [1.29, 1.82) is 0 Å². The van der Waals surface area contributed by atoms with Crippen molar-refractivity contribution in [2.45, 2.75) is 17.9 Å². The molecule has 1 amide bonds.